The summed E-state index contributed by atoms with van der Waals surface area (Å²) in [6.07, 6.45) is 1.06. The quantitative estimate of drug-likeness (QED) is 0.802. The van der Waals surface area contributed by atoms with Crippen LogP contribution >= 0.6 is 15.9 Å². The van der Waals surface area contributed by atoms with E-state index in [-0.39, 0.29) is 18.2 Å². The van der Waals surface area contributed by atoms with Crippen LogP contribution in [0.2, 0.25) is 0 Å². The summed E-state index contributed by atoms with van der Waals surface area (Å²) in [7, 11) is 0. The molecular weight excluding hydrogens is 376 g/mol. The Kier molecular flexibility index (Phi) is 4.72. The van der Waals surface area contributed by atoms with Crippen LogP contribution in [0.15, 0.2) is 46.9 Å². The van der Waals surface area contributed by atoms with Gasteiger partial charge in [-0.25, -0.2) is 8.78 Å². The van der Waals surface area contributed by atoms with Crippen LogP contribution in [0.1, 0.15) is 24.5 Å². The van der Waals surface area contributed by atoms with E-state index in [2.05, 4.69) is 21.2 Å². The summed E-state index contributed by atoms with van der Waals surface area (Å²) < 4.78 is 28.2. The molecule has 0 bridgehead atoms. The zero-order valence-electron chi connectivity index (χ0n) is 13.3. The summed E-state index contributed by atoms with van der Waals surface area (Å²) in [4.78, 5) is 12.2. The largest absolute Gasteiger partial charge is 0.355 e. The molecule has 1 saturated carbocycles. The highest BCUT2D eigenvalue weighted by molar-refractivity contribution is 9.10. The summed E-state index contributed by atoms with van der Waals surface area (Å²) in [5.41, 5.74) is 0.969. The molecule has 1 amide bonds. The predicted molar refractivity (Wildman–Crippen MR) is 92.7 cm³/mol. The van der Waals surface area contributed by atoms with E-state index in [9.17, 15) is 13.6 Å². The molecule has 24 heavy (non-hydrogen) atoms. The lowest BCUT2D eigenvalue weighted by Gasteiger charge is -2.19. The third-order valence-corrected chi connectivity index (χ3v) is 5.27. The first-order valence-electron chi connectivity index (χ1n) is 7.87. The van der Waals surface area contributed by atoms with Gasteiger partial charge in [-0.15, -0.1) is 0 Å². The zero-order chi connectivity index (χ0) is 17.3. The number of nitrogens with one attached hydrogen (secondary N) is 1. The third-order valence-electron chi connectivity index (χ3n) is 4.78. The zero-order valence-corrected chi connectivity index (χ0v) is 14.9. The fourth-order valence-electron chi connectivity index (χ4n) is 3.25. The molecular formula is C19H18BrF2NO. The Morgan fingerprint density at radius 2 is 2.04 bits per heavy atom. The summed E-state index contributed by atoms with van der Waals surface area (Å²) in [6, 6.07) is 11.2. The predicted octanol–water partition coefficient (Wildman–Crippen LogP) is 4.36. The molecule has 1 N–H and O–H groups in total. The van der Waals surface area contributed by atoms with Crippen molar-refractivity contribution in [2.75, 3.05) is 6.54 Å². The second-order valence-electron chi connectivity index (χ2n) is 6.47. The number of halogens is 3. The van der Waals surface area contributed by atoms with Gasteiger partial charge in [0.05, 0.1) is 6.42 Å². The lowest BCUT2D eigenvalue weighted by Crippen LogP contribution is -2.34. The molecule has 0 aromatic heterocycles. The second-order valence-corrected chi connectivity index (χ2v) is 7.38. The van der Waals surface area contributed by atoms with Crippen LogP contribution in [0, 0.1) is 17.6 Å². The van der Waals surface area contributed by atoms with Crippen molar-refractivity contribution in [2.24, 2.45) is 5.92 Å². The number of rotatable bonds is 5. The number of amides is 1. The highest BCUT2D eigenvalue weighted by Crippen LogP contribution is 2.54. The average molecular weight is 394 g/mol. The molecule has 0 radical (unpaired) electrons. The van der Waals surface area contributed by atoms with Gasteiger partial charge in [0.2, 0.25) is 5.91 Å². The molecule has 2 atom stereocenters. The van der Waals surface area contributed by atoms with E-state index >= 15 is 0 Å². The van der Waals surface area contributed by atoms with Crippen LogP contribution in [0.4, 0.5) is 8.78 Å². The number of carbonyl (C=O) groups excluding carboxylic acids is 1. The Morgan fingerprint density at radius 3 is 2.67 bits per heavy atom. The standard InChI is InChI=1S/C19H18BrF2NO/c1-12-10-19(12,16-6-5-15(21)9-17(16)22)11-23-18(24)8-13-3-2-4-14(20)7-13/h2-7,9,12H,8,10-11H2,1H3,(H,23,24). The van der Waals surface area contributed by atoms with Crippen LogP contribution < -0.4 is 5.32 Å². The lowest BCUT2D eigenvalue weighted by atomic mass is 9.92. The van der Waals surface area contributed by atoms with Crippen molar-refractivity contribution in [2.45, 2.75) is 25.2 Å². The van der Waals surface area contributed by atoms with Crippen molar-refractivity contribution in [3.63, 3.8) is 0 Å². The fraction of sp³-hybridized carbons (Fsp3) is 0.316. The van der Waals surface area contributed by atoms with Gasteiger partial charge in [-0.05, 0) is 41.7 Å². The van der Waals surface area contributed by atoms with E-state index in [1.54, 1.807) is 0 Å². The van der Waals surface area contributed by atoms with E-state index in [1.807, 2.05) is 31.2 Å². The van der Waals surface area contributed by atoms with Gasteiger partial charge in [0.15, 0.2) is 0 Å². The van der Waals surface area contributed by atoms with Gasteiger partial charge >= 0.3 is 0 Å². The molecule has 126 valence electrons. The molecule has 2 aromatic carbocycles. The minimum absolute atomic E-state index is 0.103. The first-order valence-corrected chi connectivity index (χ1v) is 8.67. The highest BCUT2D eigenvalue weighted by Gasteiger charge is 2.53. The van der Waals surface area contributed by atoms with Gasteiger partial charge in [-0.2, -0.15) is 0 Å². The number of hydrogen-bond donors (Lipinski definition) is 1. The maximum absolute atomic E-state index is 14.1. The second kappa shape index (κ2) is 6.63. The van der Waals surface area contributed by atoms with Gasteiger partial charge in [0, 0.05) is 22.5 Å². The van der Waals surface area contributed by atoms with Crippen LogP contribution in [-0.2, 0) is 16.6 Å². The Hall–Kier alpha value is -1.75. The lowest BCUT2D eigenvalue weighted by molar-refractivity contribution is -0.120. The molecule has 1 aliphatic rings. The monoisotopic (exact) mass is 393 g/mol. The van der Waals surface area contributed by atoms with Gasteiger partial charge in [-0.1, -0.05) is 41.1 Å². The minimum Gasteiger partial charge on any atom is -0.355 e. The van der Waals surface area contributed by atoms with E-state index in [1.165, 1.54) is 12.1 Å². The summed E-state index contributed by atoms with van der Waals surface area (Å²) in [5, 5.41) is 2.91. The third kappa shape index (κ3) is 3.51. The van der Waals surface area contributed by atoms with Crippen molar-refractivity contribution < 1.29 is 13.6 Å². The minimum atomic E-state index is -0.585. The highest BCUT2D eigenvalue weighted by atomic mass is 79.9. The average Bonchev–Trinajstić information content (AvgIpc) is 3.16. The van der Waals surface area contributed by atoms with E-state index in [0.717, 1.165) is 22.5 Å². The van der Waals surface area contributed by atoms with Crippen molar-refractivity contribution in [1.82, 2.24) is 5.32 Å². The molecule has 0 heterocycles. The normalized spacial score (nSPS) is 22.2. The first-order chi connectivity index (χ1) is 11.4. The van der Waals surface area contributed by atoms with Gasteiger partial charge in [-0.3, -0.25) is 4.79 Å². The first kappa shape index (κ1) is 17.1. The van der Waals surface area contributed by atoms with Crippen molar-refractivity contribution in [3.05, 3.63) is 69.7 Å². The van der Waals surface area contributed by atoms with Gasteiger partial charge in [0.1, 0.15) is 11.6 Å². The topological polar surface area (TPSA) is 29.1 Å². The van der Waals surface area contributed by atoms with E-state index < -0.39 is 17.0 Å². The molecule has 1 fully saturated rings. The van der Waals surface area contributed by atoms with Crippen LogP contribution in [-0.4, -0.2) is 12.5 Å². The molecule has 2 unspecified atom stereocenters. The summed E-state index contributed by atoms with van der Waals surface area (Å²) in [5.74, 6) is -0.975. The van der Waals surface area contributed by atoms with Gasteiger partial charge < -0.3 is 5.32 Å². The molecule has 2 nitrogen and oxygen atoms in total. The number of carbonyl (C=O) groups is 1. The molecule has 3 rings (SSSR count). The molecule has 1 aliphatic carbocycles. The van der Waals surface area contributed by atoms with Crippen LogP contribution in [0.3, 0.4) is 0 Å². The van der Waals surface area contributed by atoms with Crippen molar-refractivity contribution in [3.8, 4) is 0 Å². The van der Waals surface area contributed by atoms with E-state index in [4.69, 9.17) is 0 Å². The van der Waals surface area contributed by atoms with Crippen molar-refractivity contribution in [1.29, 1.82) is 0 Å². The smallest absolute Gasteiger partial charge is 0.224 e. The van der Waals surface area contributed by atoms with Crippen LogP contribution in [0.5, 0.6) is 0 Å². The van der Waals surface area contributed by atoms with Gasteiger partial charge in [0.25, 0.3) is 0 Å². The molecule has 5 heteroatoms. The summed E-state index contributed by atoms with van der Waals surface area (Å²) >= 11 is 3.38. The molecule has 0 saturated heterocycles. The Morgan fingerprint density at radius 1 is 1.29 bits per heavy atom. The SMILES string of the molecule is CC1CC1(CNC(=O)Cc1cccc(Br)c1)c1ccc(F)cc1F. The maximum Gasteiger partial charge on any atom is 0.224 e. The molecule has 0 aliphatic heterocycles. The Labute approximate surface area is 148 Å². The molecule has 2 aromatic rings. The van der Waals surface area contributed by atoms with E-state index in [0.29, 0.717) is 12.1 Å². The fourth-order valence-corrected chi connectivity index (χ4v) is 3.70. The number of hydrogen-bond acceptors (Lipinski definition) is 1. The number of benzene rings is 2. The van der Waals surface area contributed by atoms with Crippen LogP contribution in [0.25, 0.3) is 0 Å². The Bertz CT molecular complexity index is 780. The Balaban J connectivity index is 1.67. The summed E-state index contributed by atoms with van der Waals surface area (Å²) in [6.45, 7) is 2.38. The molecule has 0 spiro atoms. The van der Waals surface area contributed by atoms with Crippen molar-refractivity contribution >= 4 is 21.8 Å². The maximum atomic E-state index is 14.1.